The van der Waals surface area contributed by atoms with Gasteiger partial charge in [-0.25, -0.2) is 13.2 Å². The summed E-state index contributed by atoms with van der Waals surface area (Å²) in [6, 6.07) is 14.8. The number of imide groups is 1. The average Bonchev–Trinajstić information content (AvgIpc) is 3.32. The van der Waals surface area contributed by atoms with E-state index in [1.165, 1.54) is 65.2 Å². The van der Waals surface area contributed by atoms with Gasteiger partial charge in [0.05, 0.1) is 21.9 Å². The Balaban J connectivity index is 1.76. The molecule has 4 aromatic rings. The van der Waals surface area contributed by atoms with Crippen molar-refractivity contribution in [1.82, 2.24) is 20.1 Å². The van der Waals surface area contributed by atoms with Crippen LogP contribution in [0.15, 0.2) is 82.8 Å². The van der Waals surface area contributed by atoms with Gasteiger partial charge in [0.2, 0.25) is 5.91 Å². The first kappa shape index (κ1) is 28.9. The second kappa shape index (κ2) is 11.6. The summed E-state index contributed by atoms with van der Waals surface area (Å²) in [5, 5.41) is 10.4. The van der Waals surface area contributed by atoms with Crippen LogP contribution in [0, 0.1) is 0 Å². The van der Waals surface area contributed by atoms with E-state index < -0.39 is 33.7 Å². The molecule has 0 aliphatic rings. The fraction of sp³-hybridized carbons (Fsp3) is 0.0833. The van der Waals surface area contributed by atoms with Crippen molar-refractivity contribution < 1.29 is 31.2 Å². The van der Waals surface area contributed by atoms with Gasteiger partial charge >= 0.3 is 12.2 Å². The summed E-state index contributed by atoms with van der Waals surface area (Å²) in [5.74, 6) is -1.13. The fourth-order valence-electron chi connectivity index (χ4n) is 3.44. The average molecular weight is 611 g/mol. The molecule has 0 atom stereocenters. The number of thioether (sulfide) groups is 1. The van der Waals surface area contributed by atoms with Crippen LogP contribution >= 0.6 is 23.4 Å². The summed E-state index contributed by atoms with van der Waals surface area (Å²) in [4.78, 5) is 22.7. The minimum absolute atomic E-state index is 0.000170. The normalized spacial score (nSPS) is 11.7. The molecule has 0 saturated carbocycles. The zero-order valence-corrected chi connectivity index (χ0v) is 22.4. The highest BCUT2D eigenvalue weighted by molar-refractivity contribution is 7.99. The van der Waals surface area contributed by atoms with Gasteiger partial charge in [-0.15, -0.1) is 10.2 Å². The van der Waals surface area contributed by atoms with Crippen LogP contribution in [0.1, 0.15) is 5.56 Å². The van der Waals surface area contributed by atoms with Gasteiger partial charge in [0.15, 0.2) is 11.0 Å². The van der Waals surface area contributed by atoms with Crippen LogP contribution in [0.25, 0.3) is 17.1 Å². The number of nitrogens with zero attached hydrogens (tertiary/aromatic N) is 3. The van der Waals surface area contributed by atoms with E-state index in [1.807, 2.05) is 5.32 Å². The Hall–Kier alpha value is -4.08. The summed E-state index contributed by atoms with van der Waals surface area (Å²) in [5.41, 5.74) is 4.46. The van der Waals surface area contributed by atoms with Gasteiger partial charge < -0.3 is 5.73 Å². The van der Waals surface area contributed by atoms with E-state index in [0.29, 0.717) is 5.02 Å². The maximum Gasteiger partial charge on any atom is 0.416 e. The van der Waals surface area contributed by atoms with E-state index in [4.69, 9.17) is 17.3 Å². The predicted octanol–water partition coefficient (Wildman–Crippen LogP) is 4.69. The van der Waals surface area contributed by atoms with Crippen molar-refractivity contribution in [2.45, 2.75) is 16.2 Å². The van der Waals surface area contributed by atoms with E-state index in [0.717, 1.165) is 23.9 Å². The van der Waals surface area contributed by atoms with Crippen molar-refractivity contribution in [2.24, 2.45) is 5.73 Å². The number of alkyl halides is 3. The molecule has 0 unspecified atom stereocenters. The Bertz CT molecular complexity index is 1680. The molecule has 0 bridgehead atoms. The number of hydrogen-bond acceptors (Lipinski definition) is 7. The molecule has 4 N–H and O–H groups in total. The molecule has 208 valence electrons. The number of amides is 3. The zero-order chi connectivity index (χ0) is 29.1. The molecule has 0 aliphatic carbocycles. The van der Waals surface area contributed by atoms with E-state index in [9.17, 15) is 31.2 Å². The van der Waals surface area contributed by atoms with Crippen molar-refractivity contribution in [3.63, 3.8) is 0 Å². The topological polar surface area (TPSA) is 149 Å². The predicted molar refractivity (Wildman–Crippen MR) is 143 cm³/mol. The van der Waals surface area contributed by atoms with Crippen LogP contribution in [0.3, 0.4) is 0 Å². The summed E-state index contributed by atoms with van der Waals surface area (Å²) in [6.07, 6.45) is -4.65. The molecule has 3 aromatic carbocycles. The van der Waals surface area contributed by atoms with E-state index >= 15 is 0 Å². The first-order chi connectivity index (χ1) is 18.8. The highest BCUT2D eigenvalue weighted by atomic mass is 35.5. The Morgan fingerprint density at radius 3 is 2.38 bits per heavy atom. The van der Waals surface area contributed by atoms with Gasteiger partial charge in [-0.1, -0.05) is 41.6 Å². The highest BCUT2D eigenvalue weighted by Crippen LogP contribution is 2.34. The van der Waals surface area contributed by atoms with Gasteiger partial charge in [0.1, 0.15) is 0 Å². The van der Waals surface area contributed by atoms with E-state index in [-0.39, 0.29) is 38.6 Å². The molecule has 0 radical (unpaired) electrons. The number of carbonyl (C=O) groups is 2. The number of hydrogen-bond donors (Lipinski definition) is 3. The lowest BCUT2D eigenvalue weighted by atomic mass is 10.1. The van der Waals surface area contributed by atoms with Crippen LogP contribution in [0.5, 0.6) is 0 Å². The number of carbonyl (C=O) groups excluding carboxylic acids is 2. The summed E-state index contributed by atoms with van der Waals surface area (Å²) in [6.45, 7) is 0. The lowest BCUT2D eigenvalue weighted by molar-refractivity contribution is -0.137. The fourth-order valence-corrected chi connectivity index (χ4v) is 5.42. The largest absolute Gasteiger partial charge is 0.416 e. The van der Waals surface area contributed by atoms with Crippen molar-refractivity contribution in [2.75, 3.05) is 10.5 Å². The van der Waals surface area contributed by atoms with E-state index in [1.54, 1.807) is 0 Å². The smallest absolute Gasteiger partial charge is 0.351 e. The molecule has 3 amide bonds. The van der Waals surface area contributed by atoms with Crippen molar-refractivity contribution in [3.05, 3.63) is 83.4 Å². The first-order valence-corrected chi connectivity index (χ1v) is 13.9. The van der Waals surface area contributed by atoms with Crippen molar-refractivity contribution >= 4 is 51.0 Å². The minimum atomic E-state index is -4.65. The van der Waals surface area contributed by atoms with Crippen LogP contribution in [-0.4, -0.2) is 40.9 Å². The molecule has 0 saturated heterocycles. The molecular formula is C24H18ClF3N6O4S2. The van der Waals surface area contributed by atoms with Gasteiger partial charge in [-0.05, 0) is 54.6 Å². The minimum Gasteiger partial charge on any atom is -0.351 e. The second-order valence-electron chi connectivity index (χ2n) is 8.03. The van der Waals surface area contributed by atoms with Crippen LogP contribution in [0.4, 0.5) is 23.7 Å². The third-order valence-electron chi connectivity index (χ3n) is 5.16. The van der Waals surface area contributed by atoms with Gasteiger partial charge in [0.25, 0.3) is 10.0 Å². The summed E-state index contributed by atoms with van der Waals surface area (Å²) >= 11 is 6.63. The van der Waals surface area contributed by atoms with Crippen LogP contribution < -0.4 is 15.8 Å². The number of anilines is 1. The van der Waals surface area contributed by atoms with Crippen LogP contribution in [0.2, 0.25) is 5.02 Å². The number of primary amides is 1. The first-order valence-electron chi connectivity index (χ1n) is 11.1. The molecule has 16 heteroatoms. The van der Waals surface area contributed by atoms with Gasteiger partial charge in [-0.2, -0.15) is 13.2 Å². The zero-order valence-electron chi connectivity index (χ0n) is 20.0. The standard InChI is InChI=1S/C24H18ClF3N6O4S2/c25-16-7-9-17(10-8-16)33-40(37,38)19-6-1-3-14(11-19)21-31-32-23(39-13-20(35)30-22(29)36)34(21)18-5-2-4-15(12-18)24(26,27)28/h1-12,33H,13H2,(H3,29,30,35,36). The lowest BCUT2D eigenvalue weighted by Crippen LogP contribution is -2.36. The Labute approximate surface area is 234 Å². The molecule has 40 heavy (non-hydrogen) atoms. The maximum atomic E-state index is 13.5. The third kappa shape index (κ3) is 6.91. The number of urea groups is 1. The quantitative estimate of drug-likeness (QED) is 0.245. The summed E-state index contributed by atoms with van der Waals surface area (Å²) in [7, 11) is -4.09. The Kier molecular flexibility index (Phi) is 8.37. The molecule has 1 heterocycles. The van der Waals surface area contributed by atoms with Crippen molar-refractivity contribution in [3.8, 4) is 17.1 Å². The molecule has 0 aliphatic heterocycles. The highest BCUT2D eigenvalue weighted by Gasteiger charge is 2.31. The Morgan fingerprint density at radius 2 is 1.70 bits per heavy atom. The van der Waals surface area contributed by atoms with Gasteiger partial charge in [0, 0.05) is 16.3 Å². The second-order valence-corrected chi connectivity index (χ2v) is 11.1. The van der Waals surface area contributed by atoms with Crippen LogP contribution in [-0.2, 0) is 21.0 Å². The van der Waals surface area contributed by atoms with Gasteiger partial charge in [-0.3, -0.25) is 19.4 Å². The Morgan fingerprint density at radius 1 is 1.00 bits per heavy atom. The lowest BCUT2D eigenvalue weighted by Gasteiger charge is -2.14. The number of benzene rings is 3. The molecule has 1 aromatic heterocycles. The SMILES string of the molecule is NC(=O)NC(=O)CSc1nnc(-c2cccc(S(=O)(=O)Nc3ccc(Cl)cc3)c2)n1-c1cccc(C(F)(F)F)c1. The molecule has 10 nitrogen and oxygen atoms in total. The monoisotopic (exact) mass is 610 g/mol. The van der Waals surface area contributed by atoms with E-state index in [2.05, 4.69) is 14.9 Å². The number of sulfonamides is 1. The number of halogens is 4. The third-order valence-corrected chi connectivity index (χ3v) is 7.72. The summed E-state index contributed by atoms with van der Waals surface area (Å²) < 4.78 is 70.2. The number of nitrogens with one attached hydrogen (secondary N) is 2. The molecule has 0 spiro atoms. The van der Waals surface area contributed by atoms with Crippen molar-refractivity contribution in [1.29, 1.82) is 0 Å². The molecule has 0 fully saturated rings. The number of nitrogens with two attached hydrogens (primary N) is 1. The number of aromatic nitrogens is 3. The molecule has 4 rings (SSSR count). The maximum absolute atomic E-state index is 13.5. The molecular weight excluding hydrogens is 593 g/mol. The number of rotatable bonds is 8.